The van der Waals surface area contributed by atoms with Crippen LogP contribution in [0.25, 0.3) is 6.08 Å². The van der Waals surface area contributed by atoms with Crippen molar-refractivity contribution in [3.05, 3.63) is 71.3 Å². The second-order valence-electron chi connectivity index (χ2n) is 5.07. The van der Waals surface area contributed by atoms with Crippen LogP contribution in [-0.2, 0) is 11.3 Å². The van der Waals surface area contributed by atoms with E-state index in [4.69, 9.17) is 10.00 Å². The van der Waals surface area contributed by atoms with Crippen molar-refractivity contribution < 1.29 is 9.53 Å². The van der Waals surface area contributed by atoms with Gasteiger partial charge in [-0.25, -0.2) is 0 Å². The maximum absolute atomic E-state index is 12.2. The number of nitrogens with zero attached hydrogens (tertiary/aromatic N) is 2. The van der Waals surface area contributed by atoms with Crippen molar-refractivity contribution >= 4 is 12.0 Å². The first-order chi connectivity index (χ1) is 11.1. The maximum Gasteiger partial charge on any atom is 0.246 e. The Hall–Kier alpha value is -3.06. The topological polar surface area (TPSA) is 53.3 Å². The van der Waals surface area contributed by atoms with Crippen LogP contribution in [0, 0.1) is 11.3 Å². The molecule has 0 aliphatic rings. The van der Waals surface area contributed by atoms with Crippen molar-refractivity contribution in [3.63, 3.8) is 0 Å². The van der Waals surface area contributed by atoms with Gasteiger partial charge in [0.25, 0.3) is 0 Å². The molecule has 2 aromatic carbocycles. The van der Waals surface area contributed by atoms with Crippen molar-refractivity contribution in [3.8, 4) is 11.8 Å². The van der Waals surface area contributed by atoms with E-state index in [1.165, 1.54) is 6.08 Å². The molecule has 0 radical (unpaired) electrons. The highest BCUT2D eigenvalue weighted by Gasteiger charge is 2.06. The van der Waals surface area contributed by atoms with Crippen molar-refractivity contribution in [2.75, 3.05) is 14.2 Å². The van der Waals surface area contributed by atoms with E-state index in [-0.39, 0.29) is 5.91 Å². The number of amides is 1. The zero-order valence-corrected chi connectivity index (χ0v) is 13.2. The SMILES string of the molecule is COc1ccc(CN(C)C(=O)C=Cc2ccccc2C#N)cc1. The van der Waals surface area contributed by atoms with Gasteiger partial charge in [0.1, 0.15) is 5.75 Å². The molecule has 0 unspecified atom stereocenters. The minimum atomic E-state index is -0.117. The molecule has 4 nitrogen and oxygen atoms in total. The first kappa shape index (κ1) is 16.3. The van der Waals surface area contributed by atoms with Crippen LogP contribution in [0.5, 0.6) is 5.75 Å². The van der Waals surface area contributed by atoms with Crippen LogP contribution in [-0.4, -0.2) is 25.0 Å². The van der Waals surface area contributed by atoms with Gasteiger partial charge in [0, 0.05) is 19.7 Å². The molecule has 116 valence electrons. The third-order valence-electron chi connectivity index (χ3n) is 3.44. The van der Waals surface area contributed by atoms with Gasteiger partial charge in [0.15, 0.2) is 0 Å². The molecule has 0 aliphatic heterocycles. The summed E-state index contributed by atoms with van der Waals surface area (Å²) in [5.41, 5.74) is 2.31. The Morgan fingerprint density at radius 2 is 1.91 bits per heavy atom. The van der Waals surface area contributed by atoms with Gasteiger partial charge in [0.05, 0.1) is 18.7 Å². The molecule has 0 atom stereocenters. The van der Waals surface area contributed by atoms with E-state index in [1.807, 2.05) is 36.4 Å². The molecule has 0 saturated carbocycles. The number of carbonyl (C=O) groups is 1. The Bertz CT molecular complexity index is 743. The highest BCUT2D eigenvalue weighted by Crippen LogP contribution is 2.13. The Kier molecular flexibility index (Phi) is 5.54. The lowest BCUT2D eigenvalue weighted by atomic mass is 10.1. The first-order valence-corrected chi connectivity index (χ1v) is 7.19. The van der Waals surface area contributed by atoms with Gasteiger partial charge in [-0.05, 0) is 35.4 Å². The van der Waals surface area contributed by atoms with Gasteiger partial charge in [-0.3, -0.25) is 4.79 Å². The lowest BCUT2D eigenvalue weighted by molar-refractivity contribution is -0.125. The highest BCUT2D eigenvalue weighted by atomic mass is 16.5. The predicted octanol–water partition coefficient (Wildman–Crippen LogP) is 3.24. The molecule has 0 fully saturated rings. The number of rotatable bonds is 5. The predicted molar refractivity (Wildman–Crippen MR) is 89.7 cm³/mol. The second-order valence-corrected chi connectivity index (χ2v) is 5.07. The number of nitriles is 1. The molecule has 4 heteroatoms. The maximum atomic E-state index is 12.2. The number of benzene rings is 2. The van der Waals surface area contributed by atoms with Crippen LogP contribution in [0.15, 0.2) is 54.6 Å². The second kappa shape index (κ2) is 7.81. The molecule has 0 aliphatic carbocycles. The monoisotopic (exact) mass is 306 g/mol. The van der Waals surface area contributed by atoms with E-state index in [0.717, 1.165) is 16.9 Å². The molecule has 2 rings (SSSR count). The van der Waals surface area contributed by atoms with Crippen molar-refractivity contribution in [1.82, 2.24) is 4.90 Å². The van der Waals surface area contributed by atoms with E-state index in [2.05, 4.69) is 6.07 Å². The number of methoxy groups -OCH3 is 1. The van der Waals surface area contributed by atoms with E-state index < -0.39 is 0 Å². The summed E-state index contributed by atoms with van der Waals surface area (Å²) in [5, 5.41) is 9.04. The molecule has 0 bridgehead atoms. The number of likely N-dealkylation sites (N-methyl/N-ethyl adjacent to an activating group) is 1. The lowest BCUT2D eigenvalue weighted by Gasteiger charge is -2.15. The normalized spacial score (nSPS) is 10.3. The summed E-state index contributed by atoms with van der Waals surface area (Å²) in [6.45, 7) is 0.507. The summed E-state index contributed by atoms with van der Waals surface area (Å²) in [6.07, 6.45) is 3.16. The molecule has 0 N–H and O–H groups in total. The molecular weight excluding hydrogens is 288 g/mol. The average molecular weight is 306 g/mol. The van der Waals surface area contributed by atoms with Gasteiger partial charge in [-0.1, -0.05) is 30.3 Å². The summed E-state index contributed by atoms with van der Waals surface area (Å²) in [6, 6.07) is 16.9. The minimum Gasteiger partial charge on any atom is -0.497 e. The van der Waals surface area contributed by atoms with Crippen LogP contribution in [0.2, 0.25) is 0 Å². The third kappa shape index (κ3) is 4.45. The lowest BCUT2D eigenvalue weighted by Crippen LogP contribution is -2.24. The van der Waals surface area contributed by atoms with Gasteiger partial charge >= 0.3 is 0 Å². The van der Waals surface area contributed by atoms with Crippen molar-refractivity contribution in [2.45, 2.75) is 6.54 Å². The minimum absolute atomic E-state index is 0.117. The molecule has 2 aromatic rings. The summed E-state index contributed by atoms with van der Waals surface area (Å²) in [4.78, 5) is 13.8. The van der Waals surface area contributed by atoms with Crippen molar-refractivity contribution in [1.29, 1.82) is 5.26 Å². The number of hydrogen-bond donors (Lipinski definition) is 0. The van der Waals surface area contributed by atoms with Crippen LogP contribution in [0.4, 0.5) is 0 Å². The molecule has 0 spiro atoms. The Balaban J connectivity index is 2.02. The number of hydrogen-bond acceptors (Lipinski definition) is 3. The average Bonchev–Trinajstić information content (AvgIpc) is 2.60. The highest BCUT2D eigenvalue weighted by molar-refractivity contribution is 5.91. The van der Waals surface area contributed by atoms with E-state index in [1.54, 1.807) is 37.3 Å². The molecule has 1 amide bonds. The van der Waals surface area contributed by atoms with Gasteiger partial charge < -0.3 is 9.64 Å². The Labute approximate surface area is 136 Å². The van der Waals surface area contributed by atoms with Gasteiger partial charge in [-0.15, -0.1) is 0 Å². The fraction of sp³-hybridized carbons (Fsp3) is 0.158. The summed E-state index contributed by atoms with van der Waals surface area (Å²) in [7, 11) is 3.36. The molecule has 0 aromatic heterocycles. The first-order valence-electron chi connectivity index (χ1n) is 7.19. The Morgan fingerprint density at radius 3 is 2.57 bits per heavy atom. The van der Waals surface area contributed by atoms with E-state index in [9.17, 15) is 4.79 Å². The number of ether oxygens (including phenoxy) is 1. The van der Waals surface area contributed by atoms with Crippen LogP contribution >= 0.6 is 0 Å². The molecule has 0 heterocycles. The van der Waals surface area contributed by atoms with E-state index >= 15 is 0 Å². The summed E-state index contributed by atoms with van der Waals surface area (Å²) in [5.74, 6) is 0.671. The quantitative estimate of drug-likeness (QED) is 0.797. The zero-order chi connectivity index (χ0) is 16.7. The largest absolute Gasteiger partial charge is 0.497 e. The van der Waals surface area contributed by atoms with Crippen LogP contribution in [0.3, 0.4) is 0 Å². The van der Waals surface area contributed by atoms with Gasteiger partial charge in [0.2, 0.25) is 5.91 Å². The fourth-order valence-corrected chi connectivity index (χ4v) is 2.12. The molecule has 23 heavy (non-hydrogen) atoms. The zero-order valence-electron chi connectivity index (χ0n) is 13.2. The standard InChI is InChI=1S/C19H18N2O2/c1-21(14-15-7-10-18(23-2)11-8-15)19(22)12-9-16-5-3-4-6-17(16)13-20/h3-12H,14H2,1-2H3. The third-order valence-corrected chi connectivity index (χ3v) is 3.44. The van der Waals surface area contributed by atoms with Gasteiger partial charge in [-0.2, -0.15) is 5.26 Å². The smallest absolute Gasteiger partial charge is 0.246 e. The van der Waals surface area contributed by atoms with Crippen molar-refractivity contribution in [2.24, 2.45) is 0 Å². The number of carbonyl (C=O) groups excluding carboxylic acids is 1. The fourth-order valence-electron chi connectivity index (χ4n) is 2.12. The Morgan fingerprint density at radius 1 is 1.22 bits per heavy atom. The summed E-state index contributed by atoms with van der Waals surface area (Å²) >= 11 is 0. The van der Waals surface area contributed by atoms with Crippen LogP contribution < -0.4 is 4.74 Å². The van der Waals surface area contributed by atoms with E-state index in [0.29, 0.717) is 12.1 Å². The molecular formula is C19H18N2O2. The molecule has 0 saturated heterocycles. The van der Waals surface area contributed by atoms with Crippen LogP contribution in [0.1, 0.15) is 16.7 Å². The summed E-state index contributed by atoms with van der Waals surface area (Å²) < 4.78 is 5.11.